The summed E-state index contributed by atoms with van der Waals surface area (Å²) >= 11 is 0. The van der Waals surface area contributed by atoms with E-state index in [4.69, 9.17) is 4.74 Å². The largest absolute Gasteiger partial charge is 0.494 e. The third kappa shape index (κ3) is 3.55. The van der Waals surface area contributed by atoms with Crippen LogP contribution in [0.5, 0.6) is 5.75 Å². The molecule has 2 aromatic heterocycles. The van der Waals surface area contributed by atoms with Gasteiger partial charge < -0.3 is 19.6 Å². The molecule has 0 spiro atoms. The van der Waals surface area contributed by atoms with E-state index in [-0.39, 0.29) is 18.9 Å². The molecule has 1 amide bonds. The van der Waals surface area contributed by atoms with Gasteiger partial charge in [0.25, 0.3) is 0 Å². The van der Waals surface area contributed by atoms with Crippen LogP contribution in [0.25, 0.3) is 5.65 Å². The number of hydrogen-bond donors (Lipinski definition) is 2. The summed E-state index contributed by atoms with van der Waals surface area (Å²) in [5, 5.41) is 12.2. The number of anilines is 1. The molecular weight excluding hydrogens is 306 g/mol. The van der Waals surface area contributed by atoms with Crippen molar-refractivity contribution in [2.75, 3.05) is 11.9 Å². The highest BCUT2D eigenvalue weighted by Crippen LogP contribution is 2.23. The number of aromatic nitrogens is 2. The van der Waals surface area contributed by atoms with Crippen molar-refractivity contribution in [2.24, 2.45) is 0 Å². The molecule has 3 aromatic rings. The van der Waals surface area contributed by atoms with E-state index in [1.54, 1.807) is 18.2 Å². The Labute approximate surface area is 139 Å². The highest BCUT2D eigenvalue weighted by Gasteiger charge is 2.10. The van der Waals surface area contributed by atoms with Crippen molar-refractivity contribution in [3.63, 3.8) is 0 Å². The van der Waals surface area contributed by atoms with E-state index >= 15 is 0 Å². The Morgan fingerprint density at radius 3 is 2.96 bits per heavy atom. The molecule has 3 rings (SSSR count). The minimum absolute atomic E-state index is 0.147. The van der Waals surface area contributed by atoms with Gasteiger partial charge in [0, 0.05) is 23.6 Å². The minimum Gasteiger partial charge on any atom is -0.494 e. The van der Waals surface area contributed by atoms with Gasteiger partial charge in [-0.15, -0.1) is 0 Å². The number of carbonyl (C=O) groups is 1. The van der Waals surface area contributed by atoms with Gasteiger partial charge in [-0.05, 0) is 37.3 Å². The first kappa shape index (κ1) is 16.0. The van der Waals surface area contributed by atoms with Gasteiger partial charge >= 0.3 is 0 Å². The van der Waals surface area contributed by atoms with Crippen molar-refractivity contribution >= 4 is 17.2 Å². The molecule has 0 saturated heterocycles. The smallest absolute Gasteiger partial charge is 0.230 e. The normalized spacial score (nSPS) is 10.8. The fraction of sp³-hybridized carbons (Fsp3) is 0.222. The van der Waals surface area contributed by atoms with Gasteiger partial charge in [0.15, 0.2) is 0 Å². The van der Waals surface area contributed by atoms with Crippen molar-refractivity contribution in [3.8, 4) is 5.75 Å². The maximum absolute atomic E-state index is 12.2. The van der Waals surface area contributed by atoms with Crippen LogP contribution < -0.4 is 10.1 Å². The van der Waals surface area contributed by atoms with Gasteiger partial charge in [0.05, 0.1) is 25.3 Å². The molecular formula is C18H19N3O3. The maximum Gasteiger partial charge on any atom is 0.230 e. The lowest BCUT2D eigenvalue weighted by atomic mass is 10.2. The molecule has 0 bridgehead atoms. The summed E-state index contributed by atoms with van der Waals surface area (Å²) in [6.07, 6.45) is 3.92. The van der Waals surface area contributed by atoms with Gasteiger partial charge in [-0.2, -0.15) is 0 Å². The fourth-order valence-electron chi connectivity index (χ4n) is 2.52. The van der Waals surface area contributed by atoms with Crippen LogP contribution in [0.2, 0.25) is 0 Å². The third-order valence-electron chi connectivity index (χ3n) is 3.57. The van der Waals surface area contributed by atoms with Gasteiger partial charge in [0.2, 0.25) is 5.91 Å². The van der Waals surface area contributed by atoms with E-state index in [0.717, 1.165) is 5.65 Å². The number of nitrogens with one attached hydrogen (secondary N) is 1. The maximum atomic E-state index is 12.2. The zero-order chi connectivity index (χ0) is 16.9. The lowest BCUT2D eigenvalue weighted by molar-refractivity contribution is -0.115. The molecule has 0 atom stereocenters. The first-order valence-corrected chi connectivity index (χ1v) is 7.78. The Morgan fingerprint density at radius 1 is 1.33 bits per heavy atom. The molecule has 0 aliphatic heterocycles. The molecule has 0 radical (unpaired) electrons. The molecule has 124 valence electrons. The third-order valence-corrected chi connectivity index (χ3v) is 3.57. The number of aliphatic hydroxyl groups excluding tert-OH is 1. The SMILES string of the molecule is CCOc1ccc(NC(=O)Cc2cn3ccccc3n2)cc1CO. The highest BCUT2D eigenvalue weighted by atomic mass is 16.5. The minimum atomic E-state index is -0.161. The van der Waals surface area contributed by atoms with Crippen LogP contribution in [-0.2, 0) is 17.8 Å². The second-order valence-corrected chi connectivity index (χ2v) is 5.34. The number of nitrogens with zero attached hydrogens (tertiary/aromatic N) is 2. The number of pyridine rings is 1. The van der Waals surface area contributed by atoms with Crippen LogP contribution in [0.15, 0.2) is 48.8 Å². The standard InChI is InChI=1S/C18H19N3O3/c1-2-24-16-7-6-14(9-13(16)12-22)20-18(23)10-15-11-21-8-4-3-5-17(21)19-15/h3-9,11,22H,2,10,12H2,1H3,(H,20,23). The van der Waals surface area contributed by atoms with Gasteiger partial charge in [-0.25, -0.2) is 4.98 Å². The summed E-state index contributed by atoms with van der Waals surface area (Å²) in [5.74, 6) is 0.463. The molecule has 2 N–H and O–H groups in total. The van der Waals surface area contributed by atoms with Crippen LogP contribution in [0.1, 0.15) is 18.2 Å². The van der Waals surface area contributed by atoms with Crippen LogP contribution in [0.3, 0.4) is 0 Å². The quantitative estimate of drug-likeness (QED) is 0.730. The monoisotopic (exact) mass is 325 g/mol. The molecule has 0 saturated carbocycles. The number of amides is 1. The number of aliphatic hydroxyl groups is 1. The Hall–Kier alpha value is -2.86. The number of carbonyl (C=O) groups excluding carboxylic acids is 1. The summed E-state index contributed by atoms with van der Waals surface area (Å²) in [6.45, 7) is 2.25. The number of ether oxygens (including phenoxy) is 1. The molecule has 2 heterocycles. The van der Waals surface area contributed by atoms with E-state index in [2.05, 4.69) is 10.3 Å². The summed E-state index contributed by atoms with van der Waals surface area (Å²) in [5.41, 5.74) is 2.77. The summed E-state index contributed by atoms with van der Waals surface area (Å²) in [4.78, 5) is 16.6. The molecule has 6 nitrogen and oxygen atoms in total. The number of hydrogen-bond acceptors (Lipinski definition) is 4. The van der Waals surface area contributed by atoms with Crippen LogP contribution in [-0.4, -0.2) is 27.0 Å². The van der Waals surface area contributed by atoms with Gasteiger partial charge in [-0.1, -0.05) is 6.07 Å². The number of benzene rings is 1. The van der Waals surface area contributed by atoms with E-state index in [0.29, 0.717) is 29.3 Å². The van der Waals surface area contributed by atoms with Crippen LogP contribution in [0, 0.1) is 0 Å². The molecule has 6 heteroatoms. The lowest BCUT2D eigenvalue weighted by Crippen LogP contribution is -2.15. The Bertz CT molecular complexity index is 825. The molecule has 24 heavy (non-hydrogen) atoms. The molecule has 0 aliphatic rings. The molecule has 1 aromatic carbocycles. The van der Waals surface area contributed by atoms with Gasteiger partial charge in [-0.3, -0.25) is 4.79 Å². The Balaban J connectivity index is 1.70. The fourth-order valence-corrected chi connectivity index (χ4v) is 2.52. The molecule has 0 aliphatic carbocycles. The lowest BCUT2D eigenvalue weighted by Gasteiger charge is -2.11. The van der Waals surface area contributed by atoms with Gasteiger partial charge in [0.1, 0.15) is 11.4 Å². The predicted molar refractivity (Wildman–Crippen MR) is 91.1 cm³/mol. The average molecular weight is 325 g/mol. The number of imidazole rings is 1. The van der Waals surface area contributed by atoms with Crippen molar-refractivity contribution in [2.45, 2.75) is 20.0 Å². The van der Waals surface area contributed by atoms with E-state index < -0.39 is 0 Å². The summed E-state index contributed by atoms with van der Waals surface area (Å²) in [6, 6.07) is 10.9. The average Bonchev–Trinajstić information content (AvgIpc) is 2.98. The zero-order valence-electron chi connectivity index (χ0n) is 13.4. The summed E-state index contributed by atoms with van der Waals surface area (Å²) < 4.78 is 7.31. The van der Waals surface area contributed by atoms with E-state index in [1.165, 1.54) is 0 Å². The van der Waals surface area contributed by atoms with E-state index in [1.807, 2.05) is 41.9 Å². The van der Waals surface area contributed by atoms with E-state index in [9.17, 15) is 9.90 Å². The second kappa shape index (κ2) is 7.14. The Kier molecular flexibility index (Phi) is 4.77. The first-order valence-electron chi connectivity index (χ1n) is 7.78. The molecule has 0 fully saturated rings. The number of rotatable bonds is 6. The van der Waals surface area contributed by atoms with Crippen LogP contribution in [0.4, 0.5) is 5.69 Å². The van der Waals surface area contributed by atoms with Crippen molar-refractivity contribution in [1.29, 1.82) is 0 Å². The Morgan fingerprint density at radius 2 is 2.21 bits per heavy atom. The highest BCUT2D eigenvalue weighted by molar-refractivity contribution is 5.92. The topological polar surface area (TPSA) is 75.9 Å². The zero-order valence-corrected chi connectivity index (χ0v) is 13.4. The van der Waals surface area contributed by atoms with Crippen LogP contribution >= 0.6 is 0 Å². The predicted octanol–water partition coefficient (Wildman–Crippen LogP) is 2.41. The summed E-state index contributed by atoms with van der Waals surface area (Å²) in [7, 11) is 0. The second-order valence-electron chi connectivity index (χ2n) is 5.34. The van der Waals surface area contributed by atoms with Crippen molar-refractivity contribution in [1.82, 2.24) is 9.38 Å². The van der Waals surface area contributed by atoms with Crippen molar-refractivity contribution in [3.05, 3.63) is 60.0 Å². The number of fused-ring (bicyclic) bond motifs is 1. The van der Waals surface area contributed by atoms with Crippen molar-refractivity contribution < 1.29 is 14.6 Å². The first-order chi connectivity index (χ1) is 11.7. The molecule has 0 unspecified atom stereocenters.